The highest BCUT2D eigenvalue weighted by Crippen LogP contribution is 2.29. The molecule has 0 aromatic heterocycles. The highest BCUT2D eigenvalue weighted by Gasteiger charge is 2.27. The lowest BCUT2D eigenvalue weighted by molar-refractivity contribution is -0.119. The number of amides is 1. The van der Waals surface area contributed by atoms with Crippen LogP contribution in [0.3, 0.4) is 0 Å². The molecule has 0 saturated heterocycles. The van der Waals surface area contributed by atoms with Crippen LogP contribution in [0.25, 0.3) is 0 Å². The molecule has 43 heavy (non-hydrogen) atoms. The van der Waals surface area contributed by atoms with E-state index in [1.807, 2.05) is 32.0 Å². The van der Waals surface area contributed by atoms with E-state index in [-0.39, 0.29) is 4.90 Å². The number of benzene rings is 4. The molecule has 0 heterocycles. The molecule has 4 aromatic rings. The van der Waals surface area contributed by atoms with Crippen molar-refractivity contribution in [2.24, 2.45) is 5.10 Å². The number of anilines is 1. The van der Waals surface area contributed by atoms with Crippen molar-refractivity contribution in [1.29, 1.82) is 0 Å². The van der Waals surface area contributed by atoms with E-state index in [2.05, 4.69) is 10.5 Å². The summed E-state index contributed by atoms with van der Waals surface area (Å²) < 4.78 is 45.0. The summed E-state index contributed by atoms with van der Waals surface area (Å²) in [6.45, 7) is 3.99. The summed E-state index contributed by atoms with van der Waals surface area (Å²) in [5.41, 5.74) is 5.27. The molecule has 1 N–H and O–H groups in total. The molecular formula is C32H32ClN3O6S. The SMILES string of the molecule is CCOc1cc(/C=N\NC(=O)CN(c2ccc(C)cc2)S(=O)(=O)c2ccc(OC)cc2)ccc1OCc1cccc(Cl)c1. The van der Waals surface area contributed by atoms with Crippen LogP contribution in [-0.4, -0.2) is 40.8 Å². The molecule has 0 aliphatic carbocycles. The molecular weight excluding hydrogens is 590 g/mol. The van der Waals surface area contributed by atoms with Gasteiger partial charge in [0, 0.05) is 5.02 Å². The molecule has 9 nitrogen and oxygen atoms in total. The Labute approximate surface area is 256 Å². The third kappa shape index (κ3) is 8.50. The summed E-state index contributed by atoms with van der Waals surface area (Å²) in [7, 11) is -2.59. The van der Waals surface area contributed by atoms with Crippen LogP contribution in [0.4, 0.5) is 5.69 Å². The molecule has 0 bridgehead atoms. The molecule has 0 spiro atoms. The number of carbonyl (C=O) groups excluding carboxylic acids is 1. The second kappa shape index (κ2) is 14.6. The Kier molecular flexibility index (Phi) is 10.6. The number of methoxy groups -OCH3 is 1. The second-order valence-corrected chi connectivity index (χ2v) is 11.7. The maximum absolute atomic E-state index is 13.6. The number of aryl methyl sites for hydroxylation is 1. The van der Waals surface area contributed by atoms with E-state index in [9.17, 15) is 13.2 Å². The van der Waals surface area contributed by atoms with Crippen molar-refractivity contribution in [3.8, 4) is 17.2 Å². The smallest absolute Gasteiger partial charge is 0.264 e. The van der Waals surface area contributed by atoms with Crippen LogP contribution in [0.2, 0.25) is 5.02 Å². The first-order chi connectivity index (χ1) is 20.7. The summed E-state index contributed by atoms with van der Waals surface area (Å²) in [5, 5.41) is 4.67. The number of hydrogen-bond donors (Lipinski definition) is 1. The van der Waals surface area contributed by atoms with Crippen LogP contribution in [0.1, 0.15) is 23.6 Å². The maximum atomic E-state index is 13.6. The van der Waals surface area contributed by atoms with Crippen molar-refractivity contribution in [2.75, 3.05) is 24.6 Å². The van der Waals surface area contributed by atoms with E-state index >= 15 is 0 Å². The van der Waals surface area contributed by atoms with Crippen molar-refractivity contribution in [2.45, 2.75) is 25.3 Å². The summed E-state index contributed by atoms with van der Waals surface area (Å²) in [5.74, 6) is 0.943. The van der Waals surface area contributed by atoms with Gasteiger partial charge in [0.15, 0.2) is 11.5 Å². The zero-order chi connectivity index (χ0) is 30.8. The van der Waals surface area contributed by atoms with Crippen LogP contribution in [-0.2, 0) is 21.4 Å². The number of ether oxygens (including phenoxy) is 3. The van der Waals surface area contributed by atoms with E-state index in [0.29, 0.717) is 46.7 Å². The largest absolute Gasteiger partial charge is 0.497 e. The molecule has 0 atom stereocenters. The topological polar surface area (TPSA) is 107 Å². The molecule has 0 saturated carbocycles. The number of rotatable bonds is 13. The van der Waals surface area contributed by atoms with Gasteiger partial charge in [-0.15, -0.1) is 0 Å². The van der Waals surface area contributed by atoms with Crippen molar-refractivity contribution in [3.63, 3.8) is 0 Å². The van der Waals surface area contributed by atoms with Gasteiger partial charge in [-0.25, -0.2) is 13.8 Å². The Bertz CT molecular complexity index is 1680. The number of nitrogens with zero attached hydrogens (tertiary/aromatic N) is 2. The van der Waals surface area contributed by atoms with Gasteiger partial charge in [0.1, 0.15) is 18.9 Å². The van der Waals surface area contributed by atoms with Crippen molar-refractivity contribution in [3.05, 3.63) is 113 Å². The summed E-state index contributed by atoms with van der Waals surface area (Å²) in [4.78, 5) is 12.9. The van der Waals surface area contributed by atoms with Crippen LogP contribution in [0, 0.1) is 6.92 Å². The third-order valence-corrected chi connectivity index (χ3v) is 8.23. The number of hydrogen-bond acceptors (Lipinski definition) is 7. The number of sulfonamides is 1. The Balaban J connectivity index is 1.47. The van der Waals surface area contributed by atoms with Gasteiger partial charge in [-0.05, 0) is 91.7 Å². The zero-order valence-electron chi connectivity index (χ0n) is 24.0. The van der Waals surface area contributed by atoms with Gasteiger partial charge in [0.05, 0.1) is 30.5 Å². The van der Waals surface area contributed by atoms with Crippen molar-refractivity contribution >= 4 is 39.4 Å². The fraction of sp³-hybridized carbons (Fsp3) is 0.188. The second-order valence-electron chi connectivity index (χ2n) is 9.37. The molecule has 11 heteroatoms. The molecule has 0 fully saturated rings. The number of halogens is 1. The fourth-order valence-electron chi connectivity index (χ4n) is 4.03. The molecule has 0 unspecified atom stereocenters. The van der Waals surface area contributed by atoms with E-state index in [4.69, 9.17) is 25.8 Å². The molecule has 0 aliphatic rings. The third-order valence-electron chi connectivity index (χ3n) is 6.21. The number of hydrazone groups is 1. The van der Waals surface area contributed by atoms with Crippen molar-refractivity contribution < 1.29 is 27.4 Å². The average Bonchev–Trinajstić information content (AvgIpc) is 3.00. The fourth-order valence-corrected chi connectivity index (χ4v) is 5.66. The molecule has 4 aromatic carbocycles. The van der Waals surface area contributed by atoms with E-state index in [1.54, 1.807) is 60.7 Å². The van der Waals surface area contributed by atoms with Gasteiger partial charge in [-0.2, -0.15) is 5.10 Å². The molecule has 224 valence electrons. The summed E-state index contributed by atoms with van der Waals surface area (Å²) >= 11 is 6.06. The summed E-state index contributed by atoms with van der Waals surface area (Å²) in [6.07, 6.45) is 1.44. The lowest BCUT2D eigenvalue weighted by atomic mass is 10.2. The lowest BCUT2D eigenvalue weighted by Gasteiger charge is -2.24. The molecule has 0 radical (unpaired) electrons. The number of carbonyl (C=O) groups is 1. The van der Waals surface area contributed by atoms with Crippen LogP contribution >= 0.6 is 11.6 Å². The van der Waals surface area contributed by atoms with Crippen LogP contribution in [0.5, 0.6) is 17.2 Å². The van der Waals surface area contributed by atoms with Crippen molar-refractivity contribution in [1.82, 2.24) is 5.43 Å². The predicted molar refractivity (Wildman–Crippen MR) is 168 cm³/mol. The standard InChI is InChI=1S/C32H32ClN3O6S/c1-4-41-31-19-24(10-17-30(31)42-22-25-6-5-7-26(33)18-25)20-34-35-32(37)21-36(27-11-8-23(2)9-12-27)43(38,39)29-15-13-28(40-3)14-16-29/h5-20H,4,21-22H2,1-3H3,(H,35,37)/b34-20-. The van der Waals surface area contributed by atoms with Gasteiger partial charge < -0.3 is 14.2 Å². The first-order valence-electron chi connectivity index (χ1n) is 13.4. The van der Waals surface area contributed by atoms with Crippen LogP contribution < -0.4 is 23.9 Å². The Hall–Kier alpha value is -4.54. The highest BCUT2D eigenvalue weighted by atomic mass is 35.5. The minimum absolute atomic E-state index is 0.0197. The first-order valence-corrected chi connectivity index (χ1v) is 15.2. The van der Waals surface area contributed by atoms with E-state index in [0.717, 1.165) is 15.4 Å². The Morgan fingerprint density at radius 1 is 0.953 bits per heavy atom. The minimum atomic E-state index is -4.08. The van der Waals surface area contributed by atoms with E-state index in [1.165, 1.54) is 25.5 Å². The average molecular weight is 622 g/mol. The maximum Gasteiger partial charge on any atom is 0.264 e. The van der Waals surface area contributed by atoms with E-state index < -0.39 is 22.5 Å². The zero-order valence-corrected chi connectivity index (χ0v) is 25.6. The number of nitrogens with one attached hydrogen (secondary N) is 1. The van der Waals surface area contributed by atoms with Gasteiger partial charge in [-0.3, -0.25) is 9.10 Å². The molecule has 4 rings (SSSR count). The van der Waals surface area contributed by atoms with Gasteiger partial charge in [0.2, 0.25) is 0 Å². The monoisotopic (exact) mass is 621 g/mol. The lowest BCUT2D eigenvalue weighted by Crippen LogP contribution is -2.39. The highest BCUT2D eigenvalue weighted by molar-refractivity contribution is 7.92. The van der Waals surface area contributed by atoms with Crippen LogP contribution in [0.15, 0.2) is 101 Å². The molecule has 1 amide bonds. The Morgan fingerprint density at radius 2 is 1.70 bits per heavy atom. The molecule has 0 aliphatic heterocycles. The Morgan fingerprint density at radius 3 is 2.37 bits per heavy atom. The summed E-state index contributed by atoms with van der Waals surface area (Å²) in [6, 6.07) is 25.5. The predicted octanol–water partition coefficient (Wildman–Crippen LogP) is 5.98. The first kappa shape index (κ1) is 31.4. The van der Waals surface area contributed by atoms with Gasteiger partial charge >= 0.3 is 0 Å². The van der Waals surface area contributed by atoms with Gasteiger partial charge in [0.25, 0.3) is 15.9 Å². The van der Waals surface area contributed by atoms with Gasteiger partial charge in [-0.1, -0.05) is 41.4 Å². The minimum Gasteiger partial charge on any atom is -0.497 e. The quantitative estimate of drug-likeness (QED) is 0.145. The normalized spacial score (nSPS) is 11.3.